The Bertz CT molecular complexity index is 399. The van der Waals surface area contributed by atoms with Crippen LogP contribution < -0.4 is 5.32 Å². The van der Waals surface area contributed by atoms with E-state index >= 15 is 0 Å². The number of ether oxygens (including phenoxy) is 1. The van der Waals surface area contributed by atoms with Crippen LogP contribution in [0.1, 0.15) is 45.4 Å². The minimum absolute atomic E-state index is 0.287. The molecule has 1 aliphatic heterocycles. The molecule has 0 aromatic rings. The van der Waals surface area contributed by atoms with Crippen molar-refractivity contribution in [2.45, 2.75) is 69.2 Å². The van der Waals surface area contributed by atoms with Crippen LogP contribution in [0.2, 0.25) is 0 Å². The van der Waals surface area contributed by atoms with Gasteiger partial charge in [-0.15, -0.1) is 0 Å². The normalized spacial score (nSPS) is 41.3. The molecule has 3 aliphatic rings. The van der Waals surface area contributed by atoms with Gasteiger partial charge >= 0.3 is 5.97 Å². The summed E-state index contributed by atoms with van der Waals surface area (Å²) in [6, 6.07) is 0.824. The van der Waals surface area contributed by atoms with Crippen molar-refractivity contribution in [1.29, 1.82) is 0 Å². The Labute approximate surface area is 127 Å². The maximum Gasteiger partial charge on any atom is 0.323 e. The molecule has 5 heteroatoms. The standard InChI is InChI=1S/C16H28N2O3/c1-11-6-8-18(10-14(11)21-2)13-5-7-16(9-13,15(19)20)17-12-3-4-12/h11-14,17H,3-10H2,1-2H3,(H,19,20). The number of aliphatic carboxylic acids is 1. The van der Waals surface area contributed by atoms with Crippen LogP contribution in [0.25, 0.3) is 0 Å². The predicted octanol–water partition coefficient (Wildman–Crippen LogP) is 1.47. The quantitative estimate of drug-likeness (QED) is 0.804. The summed E-state index contributed by atoms with van der Waals surface area (Å²) in [5, 5.41) is 13.1. The van der Waals surface area contributed by atoms with Gasteiger partial charge in [0.25, 0.3) is 0 Å². The molecular weight excluding hydrogens is 268 g/mol. The lowest BCUT2D eigenvalue weighted by Gasteiger charge is -2.40. The first-order chi connectivity index (χ1) is 10.0. The highest BCUT2D eigenvalue weighted by molar-refractivity contribution is 5.79. The fourth-order valence-electron chi connectivity index (χ4n) is 4.03. The second-order valence-electron chi connectivity index (χ2n) is 7.24. The number of carboxylic acid groups (broad SMARTS) is 1. The first kappa shape index (κ1) is 15.3. The fraction of sp³-hybridized carbons (Fsp3) is 0.938. The van der Waals surface area contributed by atoms with E-state index in [1.54, 1.807) is 7.11 Å². The van der Waals surface area contributed by atoms with Crippen LogP contribution in [0.15, 0.2) is 0 Å². The van der Waals surface area contributed by atoms with E-state index in [-0.39, 0.29) is 6.10 Å². The Morgan fingerprint density at radius 3 is 2.71 bits per heavy atom. The van der Waals surface area contributed by atoms with Gasteiger partial charge in [-0.1, -0.05) is 6.92 Å². The summed E-state index contributed by atoms with van der Waals surface area (Å²) in [4.78, 5) is 14.2. The lowest BCUT2D eigenvalue weighted by atomic mass is 9.93. The van der Waals surface area contributed by atoms with Crippen LogP contribution in [0.4, 0.5) is 0 Å². The van der Waals surface area contributed by atoms with E-state index < -0.39 is 11.5 Å². The minimum Gasteiger partial charge on any atom is -0.480 e. The highest BCUT2D eigenvalue weighted by Crippen LogP contribution is 2.38. The van der Waals surface area contributed by atoms with Gasteiger partial charge in [0.15, 0.2) is 0 Å². The van der Waals surface area contributed by atoms with Crippen LogP contribution in [-0.4, -0.2) is 59.9 Å². The lowest BCUT2D eigenvalue weighted by Crippen LogP contribution is -2.53. The number of hydrogen-bond donors (Lipinski definition) is 2. The van der Waals surface area contributed by atoms with Gasteiger partial charge in [-0.05, 0) is 51.0 Å². The van der Waals surface area contributed by atoms with Gasteiger partial charge in [-0.2, -0.15) is 0 Å². The van der Waals surface area contributed by atoms with Crippen molar-refractivity contribution < 1.29 is 14.6 Å². The summed E-state index contributed by atoms with van der Waals surface area (Å²) in [7, 11) is 1.79. The van der Waals surface area contributed by atoms with Gasteiger partial charge in [0, 0.05) is 25.7 Å². The molecule has 120 valence electrons. The average Bonchev–Trinajstić information content (AvgIpc) is 3.16. The van der Waals surface area contributed by atoms with Gasteiger partial charge in [-0.3, -0.25) is 15.0 Å². The molecule has 3 rings (SSSR count). The Hall–Kier alpha value is -0.650. The first-order valence-corrected chi connectivity index (χ1v) is 8.32. The van der Waals surface area contributed by atoms with Crippen molar-refractivity contribution in [2.24, 2.45) is 5.92 Å². The first-order valence-electron chi connectivity index (χ1n) is 8.32. The van der Waals surface area contributed by atoms with Gasteiger partial charge in [0.1, 0.15) is 5.54 Å². The average molecular weight is 296 g/mol. The largest absolute Gasteiger partial charge is 0.480 e. The van der Waals surface area contributed by atoms with E-state index in [9.17, 15) is 9.90 Å². The van der Waals surface area contributed by atoms with Crippen LogP contribution in [0.3, 0.4) is 0 Å². The van der Waals surface area contributed by atoms with Gasteiger partial charge in [-0.25, -0.2) is 0 Å². The van der Waals surface area contributed by atoms with E-state index in [1.807, 2.05) is 0 Å². The Kier molecular flexibility index (Phi) is 4.26. The van der Waals surface area contributed by atoms with Gasteiger partial charge in [0.2, 0.25) is 0 Å². The monoisotopic (exact) mass is 296 g/mol. The van der Waals surface area contributed by atoms with E-state index in [4.69, 9.17) is 4.74 Å². The van der Waals surface area contributed by atoms with Crippen molar-refractivity contribution >= 4 is 5.97 Å². The smallest absolute Gasteiger partial charge is 0.323 e. The number of nitrogens with one attached hydrogen (secondary N) is 1. The molecule has 0 aromatic carbocycles. The molecular formula is C16H28N2O3. The number of methoxy groups -OCH3 is 1. The van der Waals surface area contributed by atoms with Crippen molar-refractivity contribution in [3.05, 3.63) is 0 Å². The molecule has 1 heterocycles. The Morgan fingerprint density at radius 2 is 2.10 bits per heavy atom. The van der Waals surface area contributed by atoms with Crippen molar-refractivity contribution in [1.82, 2.24) is 10.2 Å². The molecule has 5 nitrogen and oxygen atoms in total. The molecule has 1 saturated heterocycles. The van der Waals surface area contributed by atoms with Crippen LogP contribution in [0.5, 0.6) is 0 Å². The number of likely N-dealkylation sites (tertiary alicyclic amines) is 1. The van der Waals surface area contributed by atoms with Crippen molar-refractivity contribution in [3.8, 4) is 0 Å². The minimum atomic E-state index is -0.683. The molecule has 0 spiro atoms. The summed E-state index contributed by atoms with van der Waals surface area (Å²) >= 11 is 0. The zero-order chi connectivity index (χ0) is 15.0. The molecule has 3 fully saturated rings. The molecule has 0 amide bonds. The SMILES string of the molecule is COC1CN(C2CCC(NC3CC3)(C(=O)O)C2)CCC1C. The molecule has 2 N–H and O–H groups in total. The molecule has 0 bridgehead atoms. The molecule has 21 heavy (non-hydrogen) atoms. The maximum atomic E-state index is 11.8. The number of hydrogen-bond acceptors (Lipinski definition) is 4. The number of nitrogens with zero attached hydrogens (tertiary/aromatic N) is 1. The number of rotatable bonds is 5. The van der Waals surface area contributed by atoms with E-state index in [2.05, 4.69) is 17.1 Å². The predicted molar refractivity (Wildman–Crippen MR) is 80.3 cm³/mol. The summed E-state index contributed by atoms with van der Waals surface area (Å²) in [6.07, 6.45) is 6.17. The topological polar surface area (TPSA) is 61.8 Å². The van der Waals surface area contributed by atoms with E-state index in [1.165, 1.54) is 0 Å². The third-order valence-corrected chi connectivity index (χ3v) is 5.70. The highest BCUT2D eigenvalue weighted by Gasteiger charge is 2.49. The Balaban J connectivity index is 1.63. The lowest BCUT2D eigenvalue weighted by molar-refractivity contribution is -0.145. The zero-order valence-electron chi connectivity index (χ0n) is 13.2. The molecule has 0 radical (unpaired) electrons. The molecule has 2 aliphatic carbocycles. The molecule has 4 unspecified atom stereocenters. The third kappa shape index (κ3) is 3.10. The summed E-state index contributed by atoms with van der Waals surface area (Å²) in [6.45, 7) is 4.27. The van der Waals surface area contributed by atoms with Gasteiger partial charge in [0.05, 0.1) is 6.10 Å². The van der Waals surface area contributed by atoms with Crippen LogP contribution in [0, 0.1) is 5.92 Å². The van der Waals surface area contributed by atoms with Gasteiger partial charge < -0.3 is 9.84 Å². The number of piperidine rings is 1. The number of carboxylic acids is 1. The van der Waals surface area contributed by atoms with Crippen molar-refractivity contribution in [3.63, 3.8) is 0 Å². The van der Waals surface area contributed by atoms with Crippen molar-refractivity contribution in [2.75, 3.05) is 20.2 Å². The summed E-state index contributed by atoms with van der Waals surface area (Å²) in [5.74, 6) is -0.0629. The number of carbonyl (C=O) groups is 1. The zero-order valence-corrected chi connectivity index (χ0v) is 13.2. The highest BCUT2D eigenvalue weighted by atomic mass is 16.5. The van der Waals surface area contributed by atoms with Crippen LogP contribution in [-0.2, 0) is 9.53 Å². The molecule has 0 aromatic heterocycles. The maximum absolute atomic E-state index is 11.8. The van der Waals surface area contributed by atoms with E-state index in [0.717, 1.165) is 51.6 Å². The third-order valence-electron chi connectivity index (χ3n) is 5.70. The summed E-state index contributed by atoms with van der Waals surface area (Å²) < 4.78 is 5.59. The fourth-order valence-corrected chi connectivity index (χ4v) is 4.03. The summed E-state index contributed by atoms with van der Waals surface area (Å²) in [5.41, 5.74) is -0.683. The second-order valence-corrected chi connectivity index (χ2v) is 7.24. The Morgan fingerprint density at radius 1 is 1.33 bits per heavy atom. The molecule has 2 saturated carbocycles. The molecule has 4 atom stereocenters. The van der Waals surface area contributed by atoms with Crippen LogP contribution >= 0.6 is 0 Å². The second kappa shape index (κ2) is 5.86. The van der Waals surface area contributed by atoms with E-state index in [0.29, 0.717) is 18.0 Å².